The summed E-state index contributed by atoms with van der Waals surface area (Å²) in [4.78, 5) is 0.474. The molecule has 0 amide bonds. The molecule has 1 N–H and O–H groups in total. The molecule has 4 nitrogen and oxygen atoms in total. The maximum absolute atomic E-state index is 12.9. The van der Waals surface area contributed by atoms with Crippen LogP contribution >= 0.6 is 0 Å². The molecule has 0 aliphatic carbocycles. The van der Waals surface area contributed by atoms with Gasteiger partial charge in [-0.15, -0.1) is 0 Å². The standard InChI is InChI=1S/C16H26N2O2S/c1-6-17-14-9-12(2)15(13(3)10-14)21(19,20)18-8-7-16(4,5)11-18/h9-10,17H,6-8,11H2,1-5H3. The van der Waals surface area contributed by atoms with Crippen molar-refractivity contribution in [2.24, 2.45) is 5.41 Å². The number of rotatable bonds is 4. The molecule has 0 bridgehead atoms. The average Bonchev–Trinajstić information content (AvgIpc) is 2.69. The van der Waals surface area contributed by atoms with Crippen molar-refractivity contribution in [3.05, 3.63) is 23.3 Å². The lowest BCUT2D eigenvalue weighted by Gasteiger charge is -2.22. The van der Waals surface area contributed by atoms with Gasteiger partial charge in [0, 0.05) is 25.3 Å². The van der Waals surface area contributed by atoms with E-state index in [4.69, 9.17) is 0 Å². The molecule has 0 radical (unpaired) electrons. The molecule has 118 valence electrons. The maximum atomic E-state index is 12.9. The Morgan fingerprint density at radius 1 is 1.24 bits per heavy atom. The molecule has 1 heterocycles. The first-order chi connectivity index (χ1) is 9.67. The van der Waals surface area contributed by atoms with Crippen molar-refractivity contribution in [2.75, 3.05) is 25.0 Å². The third-order valence-electron chi connectivity index (χ3n) is 4.08. The van der Waals surface area contributed by atoms with E-state index in [1.54, 1.807) is 4.31 Å². The summed E-state index contributed by atoms with van der Waals surface area (Å²) in [6, 6.07) is 3.84. The molecule has 2 rings (SSSR count). The zero-order valence-electron chi connectivity index (χ0n) is 13.7. The van der Waals surface area contributed by atoms with E-state index < -0.39 is 10.0 Å². The van der Waals surface area contributed by atoms with Gasteiger partial charge in [-0.3, -0.25) is 0 Å². The number of nitrogens with one attached hydrogen (secondary N) is 1. The van der Waals surface area contributed by atoms with E-state index in [9.17, 15) is 8.42 Å². The first-order valence-electron chi connectivity index (χ1n) is 7.52. The molecule has 1 aliphatic heterocycles. The van der Waals surface area contributed by atoms with E-state index in [0.717, 1.165) is 29.8 Å². The quantitative estimate of drug-likeness (QED) is 0.929. The lowest BCUT2D eigenvalue weighted by molar-refractivity contribution is 0.375. The summed E-state index contributed by atoms with van der Waals surface area (Å²) < 4.78 is 27.5. The van der Waals surface area contributed by atoms with Gasteiger partial charge >= 0.3 is 0 Å². The average molecular weight is 310 g/mol. The Bertz CT molecular complexity index is 613. The highest BCUT2D eigenvalue weighted by molar-refractivity contribution is 7.89. The van der Waals surface area contributed by atoms with Crippen LogP contribution in [0, 0.1) is 19.3 Å². The van der Waals surface area contributed by atoms with Gasteiger partial charge in [-0.2, -0.15) is 4.31 Å². The molecule has 1 saturated heterocycles. The van der Waals surface area contributed by atoms with Crippen molar-refractivity contribution in [2.45, 2.75) is 45.9 Å². The molecular weight excluding hydrogens is 284 g/mol. The Kier molecular flexibility index (Phi) is 4.36. The van der Waals surface area contributed by atoms with Crippen molar-refractivity contribution in [3.8, 4) is 0 Å². The van der Waals surface area contributed by atoms with Gasteiger partial charge in [-0.05, 0) is 55.9 Å². The van der Waals surface area contributed by atoms with Gasteiger partial charge in [0.05, 0.1) is 4.90 Å². The molecule has 0 unspecified atom stereocenters. The Morgan fingerprint density at radius 3 is 2.24 bits per heavy atom. The van der Waals surface area contributed by atoms with Crippen molar-refractivity contribution >= 4 is 15.7 Å². The van der Waals surface area contributed by atoms with Crippen LogP contribution in [-0.4, -0.2) is 32.4 Å². The fourth-order valence-corrected chi connectivity index (χ4v) is 5.10. The molecule has 0 aromatic heterocycles. The summed E-state index contributed by atoms with van der Waals surface area (Å²) in [6.45, 7) is 12.1. The normalized spacial score (nSPS) is 18.9. The highest BCUT2D eigenvalue weighted by Crippen LogP contribution is 2.35. The lowest BCUT2D eigenvalue weighted by atomic mass is 9.93. The minimum atomic E-state index is -3.40. The first-order valence-corrected chi connectivity index (χ1v) is 8.97. The minimum Gasteiger partial charge on any atom is -0.385 e. The Balaban J connectivity index is 2.41. The molecule has 1 aromatic carbocycles. The van der Waals surface area contributed by atoms with Crippen LogP contribution in [0.15, 0.2) is 17.0 Å². The van der Waals surface area contributed by atoms with Gasteiger partial charge in [-0.25, -0.2) is 8.42 Å². The van der Waals surface area contributed by atoms with Crippen LogP contribution in [0.3, 0.4) is 0 Å². The van der Waals surface area contributed by atoms with E-state index in [1.165, 1.54) is 0 Å². The fraction of sp³-hybridized carbons (Fsp3) is 0.625. The first kappa shape index (κ1) is 16.3. The second-order valence-corrected chi connectivity index (χ2v) is 8.60. The summed E-state index contributed by atoms with van der Waals surface area (Å²) >= 11 is 0. The van der Waals surface area contributed by atoms with E-state index >= 15 is 0 Å². The molecule has 1 fully saturated rings. The van der Waals surface area contributed by atoms with Crippen LogP contribution in [0.5, 0.6) is 0 Å². The Labute approximate surface area is 128 Å². The topological polar surface area (TPSA) is 49.4 Å². The highest BCUT2D eigenvalue weighted by atomic mass is 32.2. The molecule has 21 heavy (non-hydrogen) atoms. The minimum absolute atomic E-state index is 0.0680. The van der Waals surface area contributed by atoms with Crippen molar-refractivity contribution in [3.63, 3.8) is 0 Å². The van der Waals surface area contributed by atoms with Crippen LogP contribution < -0.4 is 5.32 Å². The van der Waals surface area contributed by atoms with Crippen molar-refractivity contribution < 1.29 is 8.42 Å². The number of hydrogen-bond acceptors (Lipinski definition) is 3. The van der Waals surface area contributed by atoms with Gasteiger partial charge in [0.25, 0.3) is 0 Å². The van der Waals surface area contributed by atoms with Crippen molar-refractivity contribution in [1.29, 1.82) is 0 Å². The number of sulfonamides is 1. The monoisotopic (exact) mass is 310 g/mol. The maximum Gasteiger partial charge on any atom is 0.243 e. The van der Waals surface area contributed by atoms with Gasteiger partial charge in [0.15, 0.2) is 0 Å². The van der Waals surface area contributed by atoms with Crippen LogP contribution in [0.4, 0.5) is 5.69 Å². The molecular formula is C16H26N2O2S. The molecule has 1 aliphatic rings. The Morgan fingerprint density at radius 2 is 1.81 bits per heavy atom. The molecule has 0 atom stereocenters. The van der Waals surface area contributed by atoms with Gasteiger partial charge in [0.1, 0.15) is 0 Å². The van der Waals surface area contributed by atoms with Gasteiger partial charge < -0.3 is 5.32 Å². The highest BCUT2D eigenvalue weighted by Gasteiger charge is 2.38. The summed E-state index contributed by atoms with van der Waals surface area (Å²) in [7, 11) is -3.40. The summed E-state index contributed by atoms with van der Waals surface area (Å²) in [5.41, 5.74) is 2.68. The molecule has 0 spiro atoms. The molecule has 0 saturated carbocycles. The second kappa shape index (κ2) is 5.61. The number of anilines is 1. The van der Waals surface area contributed by atoms with Gasteiger partial charge in [0.2, 0.25) is 10.0 Å². The van der Waals surface area contributed by atoms with E-state index in [0.29, 0.717) is 18.0 Å². The molecule has 1 aromatic rings. The largest absolute Gasteiger partial charge is 0.385 e. The number of hydrogen-bond donors (Lipinski definition) is 1. The lowest BCUT2D eigenvalue weighted by Crippen LogP contribution is -2.31. The smallest absolute Gasteiger partial charge is 0.243 e. The van der Waals surface area contributed by atoms with Crippen LogP contribution in [-0.2, 0) is 10.0 Å². The Hall–Kier alpha value is -1.07. The second-order valence-electron chi connectivity index (χ2n) is 6.72. The van der Waals surface area contributed by atoms with E-state index in [2.05, 4.69) is 19.2 Å². The van der Waals surface area contributed by atoms with Crippen molar-refractivity contribution in [1.82, 2.24) is 4.31 Å². The summed E-state index contributed by atoms with van der Waals surface area (Å²) in [5.74, 6) is 0. The van der Waals surface area contributed by atoms with Crippen LogP contribution in [0.2, 0.25) is 0 Å². The molecule has 5 heteroatoms. The third kappa shape index (κ3) is 3.24. The number of aryl methyl sites for hydroxylation is 2. The third-order valence-corrected chi connectivity index (χ3v) is 6.23. The summed E-state index contributed by atoms with van der Waals surface area (Å²) in [6.07, 6.45) is 0.916. The van der Waals surface area contributed by atoms with Gasteiger partial charge in [-0.1, -0.05) is 13.8 Å². The van der Waals surface area contributed by atoms with Crippen LogP contribution in [0.25, 0.3) is 0 Å². The zero-order valence-corrected chi connectivity index (χ0v) is 14.5. The van der Waals surface area contributed by atoms with Crippen LogP contribution in [0.1, 0.15) is 38.3 Å². The predicted molar refractivity (Wildman–Crippen MR) is 87.2 cm³/mol. The number of benzene rings is 1. The summed E-state index contributed by atoms with van der Waals surface area (Å²) in [5, 5.41) is 3.24. The van der Waals surface area contributed by atoms with E-state index in [1.807, 2.05) is 32.9 Å². The zero-order chi connectivity index (χ0) is 15.8. The number of nitrogens with zero attached hydrogens (tertiary/aromatic N) is 1. The van der Waals surface area contributed by atoms with E-state index in [-0.39, 0.29) is 5.41 Å². The fourth-order valence-electron chi connectivity index (χ4n) is 3.06. The predicted octanol–water partition coefficient (Wildman–Crippen LogP) is 3.16. The SMILES string of the molecule is CCNc1cc(C)c(S(=O)(=O)N2CCC(C)(C)C2)c(C)c1.